The van der Waals surface area contributed by atoms with Gasteiger partial charge in [0, 0.05) is 17.0 Å². The SMILES string of the molecule is O=C1/C(=C\C=C\c2ccco2)S/C(=N/c2nc(-c3ccccc3)cs2)N1C1CCCCC1. The van der Waals surface area contributed by atoms with Crippen LogP contribution in [0.4, 0.5) is 5.13 Å². The molecule has 162 valence electrons. The molecule has 5 nitrogen and oxygen atoms in total. The van der Waals surface area contributed by atoms with Gasteiger partial charge in [0.1, 0.15) is 5.76 Å². The zero-order valence-corrected chi connectivity index (χ0v) is 19.1. The molecule has 0 atom stereocenters. The lowest BCUT2D eigenvalue weighted by atomic mass is 9.94. The topological polar surface area (TPSA) is 58.7 Å². The molecular formula is C25H23N3O2S2. The van der Waals surface area contributed by atoms with E-state index >= 15 is 0 Å². The minimum absolute atomic E-state index is 0.0320. The maximum absolute atomic E-state index is 13.3. The van der Waals surface area contributed by atoms with Gasteiger partial charge in [-0.1, -0.05) is 55.7 Å². The van der Waals surface area contributed by atoms with Gasteiger partial charge in [0.25, 0.3) is 5.91 Å². The van der Waals surface area contributed by atoms with Crippen LogP contribution >= 0.6 is 23.1 Å². The highest BCUT2D eigenvalue weighted by Gasteiger charge is 2.38. The molecule has 0 bridgehead atoms. The Balaban J connectivity index is 1.43. The molecule has 1 aliphatic heterocycles. The number of benzene rings is 1. The lowest BCUT2D eigenvalue weighted by Gasteiger charge is -2.30. The summed E-state index contributed by atoms with van der Waals surface area (Å²) in [6.07, 6.45) is 12.8. The van der Waals surface area contributed by atoms with Crippen molar-refractivity contribution in [2.45, 2.75) is 38.1 Å². The van der Waals surface area contributed by atoms with Crippen LogP contribution in [0.25, 0.3) is 17.3 Å². The molecule has 2 aliphatic rings. The Labute approximate surface area is 195 Å². The molecular weight excluding hydrogens is 438 g/mol. The number of amidine groups is 1. The Kier molecular flexibility index (Phi) is 6.36. The molecule has 1 aliphatic carbocycles. The molecule has 3 aromatic rings. The standard InChI is InChI=1S/C25H23N3O2S2/c29-23-22(15-7-13-20-14-8-16-30-20)32-25(28(23)19-11-5-2-6-12-19)27-24-26-21(17-31-24)18-9-3-1-4-10-18/h1,3-4,7-10,13-17,19H,2,5-6,11-12H2/b13-7+,22-15+,27-25+. The number of allylic oxidation sites excluding steroid dienone is 2. The number of amides is 1. The number of thiazole rings is 1. The van der Waals surface area contributed by atoms with Crippen molar-refractivity contribution < 1.29 is 9.21 Å². The molecule has 1 saturated carbocycles. The second kappa shape index (κ2) is 9.71. The van der Waals surface area contributed by atoms with Crippen molar-refractivity contribution in [2.75, 3.05) is 0 Å². The highest BCUT2D eigenvalue weighted by atomic mass is 32.2. The van der Waals surface area contributed by atoms with E-state index < -0.39 is 0 Å². The minimum Gasteiger partial charge on any atom is -0.465 e. The van der Waals surface area contributed by atoms with E-state index in [-0.39, 0.29) is 11.9 Å². The van der Waals surface area contributed by atoms with Gasteiger partial charge in [0.2, 0.25) is 5.13 Å². The van der Waals surface area contributed by atoms with E-state index in [1.54, 1.807) is 6.26 Å². The van der Waals surface area contributed by atoms with Gasteiger partial charge in [-0.15, -0.1) is 11.3 Å². The number of carbonyl (C=O) groups is 1. The van der Waals surface area contributed by atoms with Crippen molar-refractivity contribution in [3.8, 4) is 11.3 Å². The summed E-state index contributed by atoms with van der Waals surface area (Å²) in [7, 11) is 0. The van der Waals surface area contributed by atoms with Crippen LogP contribution in [-0.2, 0) is 4.79 Å². The first-order valence-corrected chi connectivity index (χ1v) is 12.5. The van der Waals surface area contributed by atoms with Crippen LogP contribution in [0, 0.1) is 0 Å². The van der Waals surface area contributed by atoms with Gasteiger partial charge < -0.3 is 4.42 Å². The van der Waals surface area contributed by atoms with Gasteiger partial charge in [0.05, 0.1) is 16.9 Å². The summed E-state index contributed by atoms with van der Waals surface area (Å²) < 4.78 is 5.33. The van der Waals surface area contributed by atoms with Crippen LogP contribution in [0.1, 0.15) is 37.9 Å². The highest BCUT2D eigenvalue weighted by Crippen LogP contribution is 2.38. The first-order valence-electron chi connectivity index (χ1n) is 10.8. The smallest absolute Gasteiger partial charge is 0.266 e. The molecule has 3 heterocycles. The van der Waals surface area contributed by atoms with Crippen molar-refractivity contribution in [2.24, 2.45) is 4.99 Å². The number of nitrogens with zero attached hydrogens (tertiary/aromatic N) is 3. The summed E-state index contributed by atoms with van der Waals surface area (Å²) >= 11 is 2.93. The molecule has 0 spiro atoms. The summed E-state index contributed by atoms with van der Waals surface area (Å²) in [6, 6.07) is 14.0. The fourth-order valence-corrected chi connectivity index (χ4v) is 5.74. The number of hydrogen-bond donors (Lipinski definition) is 0. The third-order valence-corrected chi connectivity index (χ3v) is 7.32. The second-order valence-corrected chi connectivity index (χ2v) is 9.60. The van der Waals surface area contributed by atoms with Crippen molar-refractivity contribution in [1.29, 1.82) is 0 Å². The number of thioether (sulfide) groups is 1. The maximum atomic E-state index is 13.3. The van der Waals surface area contributed by atoms with E-state index in [2.05, 4.69) is 0 Å². The Morgan fingerprint density at radius 3 is 2.72 bits per heavy atom. The molecule has 7 heteroatoms. The monoisotopic (exact) mass is 461 g/mol. The predicted octanol–water partition coefficient (Wildman–Crippen LogP) is 6.90. The van der Waals surface area contributed by atoms with E-state index in [4.69, 9.17) is 14.4 Å². The number of aromatic nitrogens is 1. The average molecular weight is 462 g/mol. The lowest BCUT2D eigenvalue weighted by Crippen LogP contribution is -2.40. The van der Waals surface area contributed by atoms with Gasteiger partial charge in [-0.25, -0.2) is 4.98 Å². The zero-order valence-electron chi connectivity index (χ0n) is 17.5. The number of hydrogen-bond acceptors (Lipinski definition) is 6. The Bertz CT molecular complexity index is 1160. The summed E-state index contributed by atoms with van der Waals surface area (Å²) in [5, 5.41) is 3.42. The van der Waals surface area contributed by atoms with Gasteiger partial charge >= 0.3 is 0 Å². The van der Waals surface area contributed by atoms with Gasteiger partial charge in [-0.3, -0.25) is 9.69 Å². The fourth-order valence-electron chi connectivity index (χ4n) is 4.00. The molecule has 1 amide bonds. The third-order valence-electron chi connectivity index (χ3n) is 5.58. The molecule has 1 aromatic carbocycles. The molecule has 5 rings (SSSR count). The number of aliphatic imine (C=N–C) groups is 1. The average Bonchev–Trinajstić information content (AvgIpc) is 3.57. The minimum atomic E-state index is 0.0320. The summed E-state index contributed by atoms with van der Waals surface area (Å²) in [6.45, 7) is 0. The first-order chi connectivity index (χ1) is 15.8. The summed E-state index contributed by atoms with van der Waals surface area (Å²) in [4.78, 5) is 25.4. The van der Waals surface area contributed by atoms with E-state index in [0.29, 0.717) is 10.0 Å². The molecule has 0 N–H and O–H groups in total. The van der Waals surface area contributed by atoms with Crippen LogP contribution in [0.2, 0.25) is 0 Å². The van der Waals surface area contributed by atoms with Gasteiger partial charge in [0.15, 0.2) is 5.17 Å². The quantitative estimate of drug-likeness (QED) is 0.388. The van der Waals surface area contributed by atoms with Gasteiger partial charge in [-0.05, 0) is 48.9 Å². The van der Waals surface area contributed by atoms with Crippen LogP contribution in [-0.4, -0.2) is 27.0 Å². The number of furan rings is 1. The molecule has 0 radical (unpaired) electrons. The van der Waals surface area contributed by atoms with Crippen LogP contribution in [0.5, 0.6) is 0 Å². The number of rotatable bonds is 5. The zero-order chi connectivity index (χ0) is 21.8. The van der Waals surface area contributed by atoms with Crippen LogP contribution in [0.3, 0.4) is 0 Å². The lowest BCUT2D eigenvalue weighted by molar-refractivity contribution is -0.124. The van der Waals surface area contributed by atoms with E-state index in [1.807, 2.05) is 71.0 Å². The van der Waals surface area contributed by atoms with E-state index in [9.17, 15) is 4.79 Å². The molecule has 1 saturated heterocycles. The van der Waals surface area contributed by atoms with Gasteiger partial charge in [-0.2, -0.15) is 4.99 Å². The Hall–Kier alpha value is -2.90. The Morgan fingerprint density at radius 2 is 1.94 bits per heavy atom. The highest BCUT2D eigenvalue weighted by molar-refractivity contribution is 8.18. The second-order valence-electron chi connectivity index (χ2n) is 7.75. The van der Waals surface area contributed by atoms with E-state index in [1.165, 1.54) is 29.5 Å². The number of carbonyl (C=O) groups excluding carboxylic acids is 1. The van der Waals surface area contributed by atoms with Crippen LogP contribution < -0.4 is 0 Å². The van der Waals surface area contributed by atoms with E-state index in [0.717, 1.165) is 47.9 Å². The predicted molar refractivity (Wildman–Crippen MR) is 132 cm³/mol. The molecule has 32 heavy (non-hydrogen) atoms. The molecule has 2 aromatic heterocycles. The third kappa shape index (κ3) is 4.64. The summed E-state index contributed by atoms with van der Waals surface area (Å²) in [5.74, 6) is 0.788. The van der Waals surface area contributed by atoms with Crippen molar-refractivity contribution in [3.63, 3.8) is 0 Å². The Morgan fingerprint density at radius 1 is 1.09 bits per heavy atom. The normalized spacial score (nSPS) is 20.2. The summed E-state index contributed by atoms with van der Waals surface area (Å²) in [5.41, 5.74) is 1.98. The molecule has 2 fully saturated rings. The van der Waals surface area contributed by atoms with Crippen LogP contribution in [0.15, 0.2) is 80.6 Å². The fraction of sp³-hybridized carbons (Fsp3) is 0.240. The van der Waals surface area contributed by atoms with Crippen molar-refractivity contribution >= 4 is 45.4 Å². The van der Waals surface area contributed by atoms with Crippen molar-refractivity contribution in [3.05, 3.63) is 76.9 Å². The first kappa shape index (κ1) is 21.0. The molecule has 0 unspecified atom stereocenters. The van der Waals surface area contributed by atoms with Crippen molar-refractivity contribution in [1.82, 2.24) is 9.88 Å². The largest absolute Gasteiger partial charge is 0.465 e. The maximum Gasteiger partial charge on any atom is 0.266 e.